The predicted octanol–water partition coefficient (Wildman–Crippen LogP) is 1.41. The smallest absolute Gasteiger partial charge is 0.236 e. The van der Waals surface area contributed by atoms with Crippen molar-refractivity contribution in [2.24, 2.45) is 0 Å². The molecule has 4 nitrogen and oxygen atoms in total. The number of hydrogen-bond donors (Lipinski definition) is 1. The first kappa shape index (κ1) is 12.9. The Hall–Kier alpha value is -1.55. The topological polar surface area (TPSA) is 41.6 Å². The summed E-state index contributed by atoms with van der Waals surface area (Å²) in [6, 6.07) is 8.35. The monoisotopic (exact) mass is 248 g/mol. The van der Waals surface area contributed by atoms with Gasteiger partial charge >= 0.3 is 0 Å². The van der Waals surface area contributed by atoms with E-state index < -0.39 is 0 Å². The number of carbonyl (C=O) groups is 1. The summed E-state index contributed by atoms with van der Waals surface area (Å²) >= 11 is 0. The highest BCUT2D eigenvalue weighted by Gasteiger charge is 2.22. The lowest BCUT2D eigenvalue weighted by atomic mass is 10.2. The fraction of sp³-hybridized carbons (Fsp3) is 0.500. The predicted molar refractivity (Wildman–Crippen MR) is 70.5 cm³/mol. The Morgan fingerprint density at radius 3 is 2.83 bits per heavy atom. The van der Waals surface area contributed by atoms with Crippen molar-refractivity contribution in [2.75, 3.05) is 20.7 Å². The number of nitrogens with zero attached hydrogens (tertiary/aromatic N) is 1. The van der Waals surface area contributed by atoms with Gasteiger partial charge in [-0.05, 0) is 18.9 Å². The molecule has 1 amide bonds. The van der Waals surface area contributed by atoms with Crippen molar-refractivity contribution in [3.8, 4) is 5.75 Å². The number of amides is 1. The molecule has 0 aromatic heterocycles. The van der Waals surface area contributed by atoms with Gasteiger partial charge in [-0.1, -0.05) is 18.2 Å². The van der Waals surface area contributed by atoms with Gasteiger partial charge in [-0.15, -0.1) is 0 Å². The molecule has 4 heteroatoms. The molecule has 18 heavy (non-hydrogen) atoms. The third kappa shape index (κ3) is 3.47. The van der Waals surface area contributed by atoms with Crippen LogP contribution in [0.25, 0.3) is 0 Å². The zero-order valence-corrected chi connectivity index (χ0v) is 11.0. The minimum atomic E-state index is 0.118. The molecule has 2 rings (SSSR count). The van der Waals surface area contributed by atoms with Gasteiger partial charge in [0.05, 0.1) is 13.7 Å². The van der Waals surface area contributed by atoms with Crippen LogP contribution in [0.2, 0.25) is 0 Å². The lowest BCUT2D eigenvalue weighted by Gasteiger charge is -2.19. The molecule has 0 heterocycles. The first-order chi connectivity index (χ1) is 8.70. The van der Waals surface area contributed by atoms with E-state index in [-0.39, 0.29) is 5.91 Å². The molecule has 1 N–H and O–H groups in total. The third-order valence-corrected chi connectivity index (χ3v) is 3.15. The molecule has 1 fully saturated rings. The Balaban J connectivity index is 1.88. The molecule has 0 unspecified atom stereocenters. The van der Waals surface area contributed by atoms with E-state index in [0.717, 1.165) is 11.3 Å². The van der Waals surface area contributed by atoms with E-state index in [1.165, 1.54) is 12.8 Å². The van der Waals surface area contributed by atoms with Crippen LogP contribution in [0.3, 0.4) is 0 Å². The van der Waals surface area contributed by atoms with Crippen LogP contribution >= 0.6 is 0 Å². The van der Waals surface area contributed by atoms with Crippen molar-refractivity contribution in [1.82, 2.24) is 10.2 Å². The van der Waals surface area contributed by atoms with Crippen molar-refractivity contribution in [2.45, 2.75) is 25.4 Å². The van der Waals surface area contributed by atoms with E-state index in [4.69, 9.17) is 4.74 Å². The van der Waals surface area contributed by atoms with Crippen molar-refractivity contribution in [3.63, 3.8) is 0 Å². The molecular weight excluding hydrogens is 228 g/mol. The molecule has 0 radical (unpaired) electrons. The standard InChI is InChI=1S/C14H20N2O2/c1-16(14(17)9-15-12-7-8-12)10-11-5-3-4-6-13(11)18-2/h3-6,12,15H,7-10H2,1-2H3. The molecule has 1 aliphatic rings. The number of methoxy groups -OCH3 is 1. The minimum absolute atomic E-state index is 0.118. The van der Waals surface area contributed by atoms with Crippen molar-refractivity contribution < 1.29 is 9.53 Å². The van der Waals surface area contributed by atoms with Crippen LogP contribution in [-0.4, -0.2) is 37.6 Å². The number of carbonyl (C=O) groups excluding carboxylic acids is 1. The van der Waals surface area contributed by atoms with Crippen LogP contribution in [-0.2, 0) is 11.3 Å². The normalized spacial score (nSPS) is 14.3. The molecule has 0 atom stereocenters. The Morgan fingerprint density at radius 1 is 1.44 bits per heavy atom. The fourth-order valence-electron chi connectivity index (χ4n) is 1.83. The Morgan fingerprint density at radius 2 is 2.17 bits per heavy atom. The highest BCUT2D eigenvalue weighted by Crippen LogP contribution is 2.19. The Kier molecular flexibility index (Phi) is 4.20. The molecule has 0 bridgehead atoms. The quantitative estimate of drug-likeness (QED) is 0.827. The van der Waals surface area contributed by atoms with E-state index in [1.807, 2.05) is 31.3 Å². The van der Waals surface area contributed by atoms with Crippen molar-refractivity contribution in [3.05, 3.63) is 29.8 Å². The van der Waals surface area contributed by atoms with Crippen LogP contribution < -0.4 is 10.1 Å². The number of rotatable bonds is 6. The summed E-state index contributed by atoms with van der Waals surface area (Å²) in [5.41, 5.74) is 1.03. The zero-order chi connectivity index (χ0) is 13.0. The number of likely N-dealkylation sites (N-methyl/N-ethyl adjacent to an activating group) is 1. The first-order valence-electron chi connectivity index (χ1n) is 6.30. The summed E-state index contributed by atoms with van der Waals surface area (Å²) in [6.45, 7) is 1.01. The minimum Gasteiger partial charge on any atom is -0.496 e. The van der Waals surface area contributed by atoms with Crippen LogP contribution in [0.5, 0.6) is 5.75 Å². The van der Waals surface area contributed by atoms with Gasteiger partial charge in [0.2, 0.25) is 5.91 Å². The van der Waals surface area contributed by atoms with E-state index in [1.54, 1.807) is 12.0 Å². The van der Waals surface area contributed by atoms with Crippen LogP contribution in [0.15, 0.2) is 24.3 Å². The molecule has 0 saturated heterocycles. The van der Waals surface area contributed by atoms with E-state index >= 15 is 0 Å². The summed E-state index contributed by atoms with van der Waals surface area (Å²) in [4.78, 5) is 13.6. The number of para-hydroxylation sites is 1. The van der Waals surface area contributed by atoms with Crippen molar-refractivity contribution >= 4 is 5.91 Å². The van der Waals surface area contributed by atoms with Gasteiger partial charge in [-0.2, -0.15) is 0 Å². The van der Waals surface area contributed by atoms with Crippen LogP contribution in [0.4, 0.5) is 0 Å². The number of ether oxygens (including phenoxy) is 1. The van der Waals surface area contributed by atoms with Gasteiger partial charge in [0.25, 0.3) is 0 Å². The lowest BCUT2D eigenvalue weighted by molar-refractivity contribution is -0.129. The average molecular weight is 248 g/mol. The molecule has 0 spiro atoms. The van der Waals surface area contributed by atoms with Crippen LogP contribution in [0.1, 0.15) is 18.4 Å². The van der Waals surface area contributed by atoms with E-state index in [0.29, 0.717) is 19.1 Å². The summed E-state index contributed by atoms with van der Waals surface area (Å²) in [5.74, 6) is 0.945. The molecule has 0 aliphatic heterocycles. The maximum atomic E-state index is 11.9. The second-order valence-electron chi connectivity index (χ2n) is 4.72. The van der Waals surface area contributed by atoms with E-state index in [9.17, 15) is 4.79 Å². The number of benzene rings is 1. The maximum Gasteiger partial charge on any atom is 0.236 e. The number of nitrogens with one attached hydrogen (secondary N) is 1. The van der Waals surface area contributed by atoms with Crippen LogP contribution in [0, 0.1) is 0 Å². The molecule has 1 aliphatic carbocycles. The Bertz CT molecular complexity index is 416. The SMILES string of the molecule is COc1ccccc1CN(C)C(=O)CNC1CC1. The molecular formula is C14H20N2O2. The zero-order valence-electron chi connectivity index (χ0n) is 11.0. The van der Waals surface area contributed by atoms with Gasteiger partial charge in [-0.25, -0.2) is 0 Å². The van der Waals surface area contributed by atoms with Gasteiger partial charge in [0.15, 0.2) is 0 Å². The number of hydrogen-bond acceptors (Lipinski definition) is 3. The molecule has 98 valence electrons. The Labute approximate surface area is 108 Å². The summed E-state index contributed by atoms with van der Waals surface area (Å²) in [5, 5.41) is 3.23. The van der Waals surface area contributed by atoms with Gasteiger partial charge < -0.3 is 15.0 Å². The first-order valence-corrected chi connectivity index (χ1v) is 6.30. The summed E-state index contributed by atoms with van der Waals surface area (Å²) in [6.07, 6.45) is 2.40. The van der Waals surface area contributed by atoms with Crippen molar-refractivity contribution in [1.29, 1.82) is 0 Å². The molecule has 1 aromatic carbocycles. The third-order valence-electron chi connectivity index (χ3n) is 3.15. The largest absolute Gasteiger partial charge is 0.496 e. The lowest BCUT2D eigenvalue weighted by Crippen LogP contribution is -2.36. The van der Waals surface area contributed by atoms with Gasteiger partial charge in [0.1, 0.15) is 5.75 Å². The van der Waals surface area contributed by atoms with Gasteiger partial charge in [0, 0.05) is 25.2 Å². The maximum absolute atomic E-state index is 11.9. The summed E-state index contributed by atoms with van der Waals surface area (Å²) in [7, 11) is 3.47. The average Bonchev–Trinajstić information content (AvgIpc) is 3.20. The highest BCUT2D eigenvalue weighted by atomic mass is 16.5. The van der Waals surface area contributed by atoms with E-state index in [2.05, 4.69) is 5.32 Å². The highest BCUT2D eigenvalue weighted by molar-refractivity contribution is 5.78. The second kappa shape index (κ2) is 5.87. The van der Waals surface area contributed by atoms with Gasteiger partial charge in [-0.3, -0.25) is 4.79 Å². The second-order valence-corrected chi connectivity index (χ2v) is 4.72. The summed E-state index contributed by atoms with van der Waals surface area (Å²) < 4.78 is 5.28. The molecule has 1 aromatic rings. The fourth-order valence-corrected chi connectivity index (χ4v) is 1.83. The molecule has 1 saturated carbocycles.